The van der Waals surface area contributed by atoms with E-state index in [1.54, 1.807) is 0 Å². The fourth-order valence-electron chi connectivity index (χ4n) is 1.34. The maximum absolute atomic E-state index is 11.1. The third kappa shape index (κ3) is 2.20. The van der Waals surface area contributed by atoms with Crippen molar-refractivity contribution in [3.05, 3.63) is 0 Å². The first-order valence-electron chi connectivity index (χ1n) is 3.57. The van der Waals surface area contributed by atoms with Crippen LogP contribution in [0.15, 0.2) is 0 Å². The molecule has 0 radical (unpaired) electrons. The highest BCUT2D eigenvalue weighted by molar-refractivity contribution is 6.67. The summed E-state index contributed by atoms with van der Waals surface area (Å²) in [4.78, 5) is 11.1. The molecule has 0 amide bonds. The van der Waals surface area contributed by atoms with Crippen molar-refractivity contribution in [3.63, 3.8) is 0 Å². The van der Waals surface area contributed by atoms with E-state index in [2.05, 4.69) is 0 Å². The van der Waals surface area contributed by atoms with Crippen LogP contribution in [0, 0.1) is 11.8 Å². The normalized spacial score (nSPS) is 36.4. The summed E-state index contributed by atoms with van der Waals surface area (Å²) in [6, 6.07) is 0. The number of alkyl halides is 4. The molecule has 0 N–H and O–H groups in total. The molecule has 1 nitrogen and oxygen atoms in total. The van der Waals surface area contributed by atoms with Gasteiger partial charge in [-0.25, -0.2) is 0 Å². The summed E-state index contributed by atoms with van der Waals surface area (Å²) in [5.41, 5.74) is 0. The Kier molecular flexibility index (Phi) is 3.21. The quantitative estimate of drug-likeness (QED) is 0.653. The molecule has 0 bridgehead atoms. The highest BCUT2D eigenvalue weighted by Gasteiger charge is 2.48. The van der Waals surface area contributed by atoms with Crippen molar-refractivity contribution >= 4 is 52.2 Å². The number of halogens is 4. The largest absolute Gasteiger partial charge is 0.298 e. The van der Waals surface area contributed by atoms with E-state index in [0.717, 1.165) is 0 Å². The third-order valence-corrected chi connectivity index (χ3v) is 3.26. The minimum atomic E-state index is -1.34. The first kappa shape index (κ1) is 10.9. The van der Waals surface area contributed by atoms with Crippen LogP contribution >= 0.6 is 46.4 Å². The maximum Gasteiger partial charge on any atom is 0.191 e. The summed E-state index contributed by atoms with van der Waals surface area (Å²) in [5.74, 6) is -0.0646. The Morgan fingerprint density at radius 1 is 1.42 bits per heavy atom. The smallest absolute Gasteiger partial charge is 0.191 e. The summed E-state index contributed by atoms with van der Waals surface area (Å²) in [5, 5.41) is -0.387. The fourth-order valence-corrected chi connectivity index (χ4v) is 2.18. The molecule has 0 aromatic carbocycles. The van der Waals surface area contributed by atoms with Crippen LogP contribution < -0.4 is 0 Å². The van der Waals surface area contributed by atoms with E-state index in [1.807, 2.05) is 6.92 Å². The van der Waals surface area contributed by atoms with E-state index in [4.69, 9.17) is 46.4 Å². The molecular formula is C7H8Cl4O. The van der Waals surface area contributed by atoms with E-state index < -0.39 is 3.79 Å². The Bertz CT molecular complexity index is 198. The highest BCUT2D eigenvalue weighted by atomic mass is 35.6. The molecule has 0 aromatic rings. The lowest BCUT2D eigenvalue weighted by atomic mass is 9.71. The second-order valence-electron chi connectivity index (χ2n) is 3.09. The standard InChI is InChI=1S/C7H8Cl4O/c1-3-4(2-7(9,10)11)6(12)5(3)8/h3-5H,2H2,1H3. The molecule has 0 saturated heterocycles. The fraction of sp³-hybridized carbons (Fsp3) is 0.857. The van der Waals surface area contributed by atoms with Crippen LogP contribution in [-0.4, -0.2) is 15.0 Å². The molecule has 0 heterocycles. The lowest BCUT2D eigenvalue weighted by molar-refractivity contribution is -0.132. The van der Waals surface area contributed by atoms with E-state index in [1.165, 1.54) is 0 Å². The van der Waals surface area contributed by atoms with Crippen LogP contribution in [0.3, 0.4) is 0 Å². The van der Waals surface area contributed by atoms with Crippen LogP contribution in [0.2, 0.25) is 0 Å². The van der Waals surface area contributed by atoms with Crippen molar-refractivity contribution < 1.29 is 4.79 Å². The number of rotatable bonds is 1. The van der Waals surface area contributed by atoms with Crippen LogP contribution in [-0.2, 0) is 4.79 Å². The SMILES string of the molecule is CC1C(Cl)C(=O)C1CC(Cl)(Cl)Cl. The topological polar surface area (TPSA) is 17.1 Å². The van der Waals surface area contributed by atoms with Gasteiger partial charge in [-0.1, -0.05) is 41.7 Å². The molecule has 1 rings (SSSR count). The number of hydrogen-bond acceptors (Lipinski definition) is 1. The van der Waals surface area contributed by atoms with Gasteiger partial charge in [-0.15, -0.1) is 11.6 Å². The minimum Gasteiger partial charge on any atom is -0.298 e. The molecule has 1 fully saturated rings. The number of ketones is 1. The van der Waals surface area contributed by atoms with Gasteiger partial charge in [0.2, 0.25) is 0 Å². The van der Waals surface area contributed by atoms with Crippen LogP contribution in [0.4, 0.5) is 0 Å². The summed E-state index contributed by atoms with van der Waals surface area (Å²) in [6.45, 7) is 1.89. The lowest BCUT2D eigenvalue weighted by Gasteiger charge is -2.38. The number of carbonyl (C=O) groups is 1. The van der Waals surface area contributed by atoms with Gasteiger partial charge in [0.15, 0.2) is 9.58 Å². The number of hydrogen-bond donors (Lipinski definition) is 0. The molecule has 12 heavy (non-hydrogen) atoms. The van der Waals surface area contributed by atoms with E-state index >= 15 is 0 Å². The molecule has 1 aliphatic carbocycles. The van der Waals surface area contributed by atoms with Gasteiger partial charge < -0.3 is 0 Å². The van der Waals surface area contributed by atoms with Crippen molar-refractivity contribution in [2.24, 2.45) is 11.8 Å². The zero-order valence-corrected chi connectivity index (χ0v) is 9.38. The van der Waals surface area contributed by atoms with Crippen molar-refractivity contribution in [1.29, 1.82) is 0 Å². The van der Waals surface area contributed by atoms with Gasteiger partial charge in [0.05, 0.1) is 5.38 Å². The monoisotopic (exact) mass is 248 g/mol. The lowest BCUT2D eigenvalue weighted by Crippen LogP contribution is -2.48. The van der Waals surface area contributed by atoms with Crippen molar-refractivity contribution in [1.82, 2.24) is 0 Å². The van der Waals surface area contributed by atoms with Crippen LogP contribution in [0.25, 0.3) is 0 Å². The summed E-state index contributed by atoms with van der Waals surface area (Å²) < 4.78 is -1.34. The molecule has 0 spiro atoms. The number of Topliss-reactive ketones (excluding diaryl/α,β-unsaturated/α-hetero) is 1. The third-order valence-electron chi connectivity index (χ3n) is 2.18. The van der Waals surface area contributed by atoms with Gasteiger partial charge in [0, 0.05) is 12.3 Å². The Labute approximate surface area is 91.3 Å². The van der Waals surface area contributed by atoms with Gasteiger partial charge in [-0.2, -0.15) is 0 Å². The second kappa shape index (κ2) is 3.53. The Balaban J connectivity index is 2.51. The van der Waals surface area contributed by atoms with Gasteiger partial charge >= 0.3 is 0 Å². The molecule has 0 aromatic heterocycles. The summed E-state index contributed by atoms with van der Waals surface area (Å²) in [7, 11) is 0. The Hall–Kier alpha value is 0.830. The maximum atomic E-state index is 11.1. The predicted molar refractivity (Wildman–Crippen MR) is 52.2 cm³/mol. The van der Waals surface area contributed by atoms with Gasteiger partial charge in [-0.3, -0.25) is 4.79 Å². The van der Waals surface area contributed by atoms with E-state index in [9.17, 15) is 4.79 Å². The van der Waals surface area contributed by atoms with Gasteiger partial charge in [0.1, 0.15) is 0 Å². The molecule has 3 atom stereocenters. The average Bonchev–Trinajstić information content (AvgIpc) is 1.96. The molecule has 70 valence electrons. The zero-order chi connectivity index (χ0) is 9.52. The molecule has 1 saturated carbocycles. The minimum absolute atomic E-state index is 0.00417. The second-order valence-corrected chi connectivity index (χ2v) is 6.08. The molecular weight excluding hydrogens is 242 g/mol. The van der Waals surface area contributed by atoms with Gasteiger partial charge in [-0.05, 0) is 5.92 Å². The number of carbonyl (C=O) groups excluding carboxylic acids is 1. The van der Waals surface area contributed by atoms with E-state index in [-0.39, 0.29) is 29.4 Å². The van der Waals surface area contributed by atoms with Crippen molar-refractivity contribution in [3.8, 4) is 0 Å². The predicted octanol–water partition coefficient (Wildman–Crippen LogP) is 3.19. The Morgan fingerprint density at radius 3 is 2.25 bits per heavy atom. The molecule has 3 unspecified atom stereocenters. The van der Waals surface area contributed by atoms with Crippen molar-refractivity contribution in [2.45, 2.75) is 22.5 Å². The van der Waals surface area contributed by atoms with Gasteiger partial charge in [0.25, 0.3) is 0 Å². The highest BCUT2D eigenvalue weighted by Crippen LogP contribution is 2.44. The van der Waals surface area contributed by atoms with Crippen LogP contribution in [0.1, 0.15) is 13.3 Å². The van der Waals surface area contributed by atoms with Crippen LogP contribution in [0.5, 0.6) is 0 Å². The molecule has 0 aliphatic heterocycles. The molecule has 5 heteroatoms. The zero-order valence-electron chi connectivity index (χ0n) is 6.36. The first-order valence-corrected chi connectivity index (χ1v) is 5.14. The Morgan fingerprint density at radius 2 is 1.92 bits per heavy atom. The van der Waals surface area contributed by atoms with Crippen molar-refractivity contribution in [2.75, 3.05) is 0 Å². The first-order chi connectivity index (χ1) is 5.33. The van der Waals surface area contributed by atoms with E-state index in [0.29, 0.717) is 0 Å². The average molecular weight is 250 g/mol. The summed E-state index contributed by atoms with van der Waals surface area (Å²) in [6.07, 6.45) is 0.265. The molecule has 1 aliphatic rings. The summed E-state index contributed by atoms with van der Waals surface area (Å²) >= 11 is 22.4.